The number of thioether (sulfide) groups is 1. The molecule has 0 atom stereocenters. The van der Waals surface area contributed by atoms with E-state index >= 15 is 0 Å². The first-order valence-corrected chi connectivity index (χ1v) is 11.8. The predicted molar refractivity (Wildman–Crippen MR) is 124 cm³/mol. The van der Waals surface area contributed by atoms with Crippen molar-refractivity contribution in [2.24, 2.45) is 0 Å². The van der Waals surface area contributed by atoms with E-state index in [1.807, 2.05) is 39.8 Å². The molecule has 162 valence electrons. The molecule has 0 saturated heterocycles. The Labute approximate surface area is 189 Å². The lowest BCUT2D eigenvalue weighted by molar-refractivity contribution is 0.102. The number of aromatic nitrogens is 6. The number of carbonyl (C=O) groups excluding carboxylic acids is 1. The maximum Gasteiger partial charge on any atom is 0.271 e. The van der Waals surface area contributed by atoms with Crippen LogP contribution in [-0.2, 0) is 13.0 Å². The Morgan fingerprint density at radius 3 is 2.65 bits per heavy atom. The third-order valence-electron chi connectivity index (χ3n) is 5.21. The van der Waals surface area contributed by atoms with Crippen LogP contribution >= 0.6 is 23.1 Å². The van der Waals surface area contributed by atoms with Gasteiger partial charge < -0.3 is 10.4 Å². The van der Waals surface area contributed by atoms with Crippen LogP contribution in [0.3, 0.4) is 0 Å². The topological polar surface area (TPSA) is 96.5 Å². The minimum Gasteiger partial charge on any atom is -0.348 e. The van der Waals surface area contributed by atoms with Crippen LogP contribution in [0.25, 0.3) is 5.95 Å². The first-order chi connectivity index (χ1) is 14.8. The number of hydrogen-bond acceptors (Lipinski definition) is 7. The smallest absolute Gasteiger partial charge is 0.271 e. The Hall–Kier alpha value is -2.85. The van der Waals surface area contributed by atoms with Crippen molar-refractivity contribution in [2.75, 3.05) is 11.6 Å². The number of hydrogen-bond donors (Lipinski definition) is 1. The summed E-state index contributed by atoms with van der Waals surface area (Å²) < 4.78 is 5.24. The SMILES string of the molecule is Cc1cc(C)n(-c2nnc(SCC(=O)c3cc(C)n(CCc4cccs4)c3C)n2N)n1. The number of carbonyl (C=O) groups is 1. The lowest BCUT2D eigenvalue weighted by Crippen LogP contribution is -2.17. The van der Waals surface area contributed by atoms with Crippen LogP contribution < -0.4 is 5.84 Å². The molecule has 10 heteroatoms. The molecule has 4 heterocycles. The molecule has 4 aromatic heterocycles. The van der Waals surface area contributed by atoms with Crippen LogP contribution in [0.1, 0.15) is 38.0 Å². The Kier molecular flexibility index (Phi) is 6.01. The molecule has 4 rings (SSSR count). The van der Waals surface area contributed by atoms with E-state index in [4.69, 9.17) is 5.84 Å². The second-order valence-electron chi connectivity index (χ2n) is 7.47. The molecule has 0 aliphatic heterocycles. The molecule has 0 bridgehead atoms. The number of ketones is 1. The molecule has 0 amide bonds. The van der Waals surface area contributed by atoms with E-state index in [1.165, 1.54) is 21.3 Å². The molecule has 0 saturated carbocycles. The number of thiophene rings is 1. The Morgan fingerprint density at radius 2 is 1.97 bits per heavy atom. The molecule has 31 heavy (non-hydrogen) atoms. The summed E-state index contributed by atoms with van der Waals surface area (Å²) in [6.45, 7) is 8.75. The highest BCUT2D eigenvalue weighted by molar-refractivity contribution is 7.99. The maximum absolute atomic E-state index is 12.9. The molecule has 0 aliphatic carbocycles. The molecule has 8 nitrogen and oxygen atoms in total. The van der Waals surface area contributed by atoms with Gasteiger partial charge in [-0.2, -0.15) is 5.10 Å². The zero-order valence-electron chi connectivity index (χ0n) is 18.0. The van der Waals surface area contributed by atoms with Gasteiger partial charge in [-0.25, -0.2) is 9.36 Å². The normalized spacial score (nSPS) is 11.4. The fourth-order valence-corrected chi connectivity index (χ4v) is 5.09. The molecular weight excluding hydrogens is 430 g/mol. The standard InChI is InChI=1S/C21H25N7OS2/c1-13-10-15(3)28(25-13)20-23-24-21(27(20)22)31-12-19(29)18-11-14(2)26(16(18)4)8-7-17-6-5-9-30-17/h5-6,9-11H,7-8,12,22H2,1-4H3. The van der Waals surface area contributed by atoms with Gasteiger partial charge in [0.05, 0.1) is 11.4 Å². The lowest BCUT2D eigenvalue weighted by Gasteiger charge is -2.09. The van der Waals surface area contributed by atoms with Crippen LogP contribution in [0.5, 0.6) is 0 Å². The van der Waals surface area contributed by atoms with Crippen LogP contribution in [0, 0.1) is 27.7 Å². The fraction of sp³-hybridized carbons (Fsp3) is 0.333. The van der Waals surface area contributed by atoms with Gasteiger partial charge in [0, 0.05) is 34.1 Å². The molecule has 0 fully saturated rings. The molecule has 0 aliphatic rings. The van der Waals surface area contributed by atoms with Crippen molar-refractivity contribution in [3.05, 3.63) is 62.9 Å². The van der Waals surface area contributed by atoms with Crippen LogP contribution in [0.15, 0.2) is 34.8 Å². The average Bonchev–Trinajstić information content (AvgIpc) is 3.49. The largest absolute Gasteiger partial charge is 0.348 e. The summed E-state index contributed by atoms with van der Waals surface area (Å²) in [7, 11) is 0. The Morgan fingerprint density at radius 1 is 1.16 bits per heavy atom. The van der Waals surface area contributed by atoms with E-state index in [9.17, 15) is 4.79 Å². The number of nitrogen functional groups attached to an aromatic ring is 1. The van der Waals surface area contributed by atoms with Crippen molar-refractivity contribution < 1.29 is 4.79 Å². The number of nitrogens with zero attached hydrogens (tertiary/aromatic N) is 6. The van der Waals surface area contributed by atoms with Gasteiger partial charge in [0.1, 0.15) is 0 Å². The highest BCUT2D eigenvalue weighted by atomic mass is 32.2. The number of nitrogens with two attached hydrogens (primary N) is 1. The highest BCUT2D eigenvalue weighted by Crippen LogP contribution is 2.22. The summed E-state index contributed by atoms with van der Waals surface area (Å²) >= 11 is 3.04. The summed E-state index contributed by atoms with van der Waals surface area (Å²) in [6.07, 6.45) is 0.960. The lowest BCUT2D eigenvalue weighted by atomic mass is 10.2. The second-order valence-corrected chi connectivity index (χ2v) is 9.44. The van der Waals surface area contributed by atoms with Gasteiger partial charge in [-0.05, 0) is 57.7 Å². The number of aryl methyl sites for hydroxylation is 4. The van der Waals surface area contributed by atoms with E-state index in [1.54, 1.807) is 16.0 Å². The number of rotatable bonds is 8. The van der Waals surface area contributed by atoms with Crippen molar-refractivity contribution >= 4 is 28.9 Å². The fourth-order valence-electron chi connectivity index (χ4n) is 3.66. The quantitative estimate of drug-likeness (QED) is 0.248. The van der Waals surface area contributed by atoms with Crippen LogP contribution in [-0.4, -0.2) is 40.8 Å². The third-order valence-corrected chi connectivity index (χ3v) is 7.09. The van der Waals surface area contributed by atoms with E-state index in [0.29, 0.717) is 11.1 Å². The summed E-state index contributed by atoms with van der Waals surface area (Å²) in [4.78, 5) is 14.3. The van der Waals surface area contributed by atoms with Gasteiger partial charge in [-0.1, -0.05) is 17.8 Å². The summed E-state index contributed by atoms with van der Waals surface area (Å²) in [5, 5.41) is 15.3. The maximum atomic E-state index is 12.9. The van der Waals surface area contributed by atoms with Crippen molar-refractivity contribution in [2.45, 2.75) is 45.8 Å². The van der Waals surface area contributed by atoms with E-state index in [2.05, 4.69) is 37.4 Å². The first kappa shape index (κ1) is 21.4. The molecule has 0 spiro atoms. The number of Topliss-reactive ketones (excluding diaryl/α,β-unsaturated/α-hetero) is 1. The van der Waals surface area contributed by atoms with Crippen molar-refractivity contribution in [3.8, 4) is 5.95 Å². The van der Waals surface area contributed by atoms with Crippen LogP contribution in [0.4, 0.5) is 0 Å². The van der Waals surface area contributed by atoms with Gasteiger partial charge in [-0.15, -0.1) is 21.5 Å². The molecule has 0 radical (unpaired) electrons. The molecule has 0 unspecified atom stereocenters. The minimum absolute atomic E-state index is 0.0520. The van der Waals surface area contributed by atoms with Gasteiger partial charge in [0.15, 0.2) is 5.78 Å². The summed E-state index contributed by atoms with van der Waals surface area (Å²) in [5.41, 5.74) is 4.63. The molecule has 0 aromatic carbocycles. The summed E-state index contributed by atoms with van der Waals surface area (Å²) in [6, 6.07) is 8.13. The predicted octanol–water partition coefficient (Wildman–Crippen LogP) is 3.49. The molecule has 4 aromatic rings. The molecular formula is C21H25N7OS2. The van der Waals surface area contributed by atoms with Gasteiger partial charge in [0.25, 0.3) is 5.95 Å². The zero-order valence-corrected chi connectivity index (χ0v) is 19.6. The monoisotopic (exact) mass is 455 g/mol. The summed E-state index contributed by atoms with van der Waals surface area (Å²) in [5.74, 6) is 6.89. The van der Waals surface area contributed by atoms with Gasteiger partial charge in [-0.3, -0.25) is 4.79 Å². The van der Waals surface area contributed by atoms with E-state index in [-0.39, 0.29) is 11.5 Å². The van der Waals surface area contributed by atoms with Crippen molar-refractivity contribution in [1.29, 1.82) is 0 Å². The third kappa shape index (κ3) is 4.31. The zero-order chi connectivity index (χ0) is 22.1. The Balaban J connectivity index is 1.45. The van der Waals surface area contributed by atoms with Gasteiger partial charge in [0.2, 0.25) is 5.16 Å². The van der Waals surface area contributed by atoms with Crippen LogP contribution in [0.2, 0.25) is 0 Å². The van der Waals surface area contributed by atoms with E-state index in [0.717, 1.165) is 41.3 Å². The van der Waals surface area contributed by atoms with Gasteiger partial charge >= 0.3 is 0 Å². The van der Waals surface area contributed by atoms with Crippen molar-refractivity contribution in [3.63, 3.8) is 0 Å². The van der Waals surface area contributed by atoms with E-state index < -0.39 is 0 Å². The molecule has 2 N–H and O–H groups in total. The van der Waals surface area contributed by atoms with Crippen molar-refractivity contribution in [1.82, 2.24) is 29.2 Å². The average molecular weight is 456 g/mol. The second kappa shape index (κ2) is 8.72. The highest BCUT2D eigenvalue weighted by Gasteiger charge is 2.19. The Bertz CT molecular complexity index is 1220. The first-order valence-electron chi connectivity index (χ1n) is 9.94. The minimum atomic E-state index is 0.0520.